The highest BCUT2D eigenvalue weighted by Gasteiger charge is 2.21. The van der Waals surface area contributed by atoms with Crippen molar-refractivity contribution in [3.63, 3.8) is 0 Å². The van der Waals surface area contributed by atoms with Crippen LogP contribution in [0.2, 0.25) is 0 Å². The maximum Gasteiger partial charge on any atom is 0.250 e. The van der Waals surface area contributed by atoms with E-state index in [0.29, 0.717) is 25.8 Å². The summed E-state index contributed by atoms with van der Waals surface area (Å²) < 4.78 is 11.5. The lowest BCUT2D eigenvalue weighted by Crippen LogP contribution is -2.47. The van der Waals surface area contributed by atoms with E-state index in [1.165, 1.54) is 19.3 Å². The topological polar surface area (TPSA) is 59.6 Å². The Bertz CT molecular complexity index is 491. The average Bonchev–Trinajstić information content (AvgIpc) is 2.62. The zero-order valence-corrected chi connectivity index (χ0v) is 13.6. The van der Waals surface area contributed by atoms with Gasteiger partial charge in [-0.2, -0.15) is 0 Å². The number of benzene rings is 1. The first kappa shape index (κ1) is 16.3. The molecule has 1 unspecified atom stereocenters. The predicted molar refractivity (Wildman–Crippen MR) is 88.4 cm³/mol. The maximum atomic E-state index is 12.0. The molecular weight excluding hydrogens is 292 g/mol. The molecule has 1 aromatic carbocycles. The zero-order chi connectivity index (χ0) is 15.9. The van der Waals surface area contributed by atoms with Crippen LogP contribution in [0.3, 0.4) is 0 Å². The highest BCUT2D eigenvalue weighted by molar-refractivity contribution is 5.81. The van der Waals surface area contributed by atoms with Crippen molar-refractivity contribution in [3.05, 3.63) is 29.8 Å². The molecular formula is C18H26N2O3. The van der Waals surface area contributed by atoms with Crippen LogP contribution in [0.4, 0.5) is 0 Å². The van der Waals surface area contributed by atoms with Crippen LogP contribution in [0.1, 0.15) is 37.7 Å². The molecule has 1 atom stereocenters. The molecule has 1 saturated carbocycles. The van der Waals surface area contributed by atoms with Gasteiger partial charge in [0.1, 0.15) is 11.9 Å². The highest BCUT2D eigenvalue weighted by Crippen LogP contribution is 2.23. The van der Waals surface area contributed by atoms with E-state index >= 15 is 0 Å². The van der Waals surface area contributed by atoms with Gasteiger partial charge in [-0.15, -0.1) is 0 Å². The number of carbonyl (C=O) groups is 1. The molecule has 1 amide bonds. The fraction of sp³-hybridized carbons (Fsp3) is 0.611. The van der Waals surface area contributed by atoms with Gasteiger partial charge in [-0.05, 0) is 43.4 Å². The minimum absolute atomic E-state index is 0.0558. The van der Waals surface area contributed by atoms with Crippen LogP contribution >= 0.6 is 0 Å². The van der Waals surface area contributed by atoms with Gasteiger partial charge in [0, 0.05) is 19.6 Å². The minimum Gasteiger partial charge on any atom is -0.490 e. The van der Waals surface area contributed by atoms with Crippen molar-refractivity contribution in [2.75, 3.05) is 19.7 Å². The first-order valence-corrected chi connectivity index (χ1v) is 8.67. The number of ether oxygens (including phenoxy) is 2. The number of carbonyl (C=O) groups excluding carboxylic acids is 1. The van der Waals surface area contributed by atoms with Gasteiger partial charge in [0.15, 0.2) is 0 Å². The van der Waals surface area contributed by atoms with Crippen LogP contribution in [0, 0.1) is 0 Å². The van der Waals surface area contributed by atoms with Gasteiger partial charge in [-0.1, -0.05) is 18.6 Å². The summed E-state index contributed by atoms with van der Waals surface area (Å²) in [5, 5.41) is 6.08. The molecule has 3 rings (SSSR count). The fourth-order valence-electron chi connectivity index (χ4n) is 3.10. The van der Waals surface area contributed by atoms with Gasteiger partial charge < -0.3 is 20.1 Å². The lowest BCUT2D eigenvalue weighted by molar-refractivity contribution is -0.134. The summed E-state index contributed by atoms with van der Waals surface area (Å²) in [4.78, 5) is 12.0. The Morgan fingerprint density at radius 1 is 1.22 bits per heavy atom. The second-order valence-electron chi connectivity index (χ2n) is 6.30. The van der Waals surface area contributed by atoms with Crippen LogP contribution in [0.15, 0.2) is 24.3 Å². The van der Waals surface area contributed by atoms with E-state index in [0.717, 1.165) is 30.7 Å². The van der Waals surface area contributed by atoms with Crippen LogP contribution in [0.5, 0.6) is 5.75 Å². The Morgan fingerprint density at radius 3 is 2.70 bits per heavy atom. The summed E-state index contributed by atoms with van der Waals surface area (Å²) in [6.07, 6.45) is 6.18. The molecule has 0 aromatic heterocycles. The van der Waals surface area contributed by atoms with Crippen molar-refractivity contribution in [2.45, 2.75) is 50.9 Å². The van der Waals surface area contributed by atoms with E-state index in [1.54, 1.807) is 0 Å². The fourth-order valence-corrected chi connectivity index (χ4v) is 3.10. The van der Waals surface area contributed by atoms with E-state index in [4.69, 9.17) is 9.47 Å². The third-order valence-corrected chi connectivity index (χ3v) is 4.47. The van der Waals surface area contributed by atoms with Crippen molar-refractivity contribution in [1.29, 1.82) is 0 Å². The van der Waals surface area contributed by atoms with Crippen molar-refractivity contribution < 1.29 is 14.3 Å². The molecule has 126 valence electrons. The summed E-state index contributed by atoms with van der Waals surface area (Å²) in [5.74, 6) is 0.867. The summed E-state index contributed by atoms with van der Waals surface area (Å²) in [6.45, 7) is 2.50. The highest BCUT2D eigenvalue weighted by atomic mass is 16.5. The molecule has 1 saturated heterocycles. The molecule has 5 nitrogen and oxygen atoms in total. The summed E-state index contributed by atoms with van der Waals surface area (Å²) in [6, 6.07) is 8.01. The Balaban J connectivity index is 1.44. The standard InChI is InChI=1S/C18H26N2O3/c21-18(17-13-19-10-11-22-17)20-12-14-6-8-16(9-7-14)23-15-4-2-1-3-5-15/h6-9,15,17,19H,1-5,10-13H2,(H,20,21). The lowest BCUT2D eigenvalue weighted by Gasteiger charge is -2.23. The molecule has 0 bridgehead atoms. The number of hydrogen-bond acceptors (Lipinski definition) is 4. The molecule has 1 aliphatic carbocycles. The smallest absolute Gasteiger partial charge is 0.250 e. The molecule has 1 aliphatic heterocycles. The number of morpholine rings is 1. The number of nitrogens with one attached hydrogen (secondary N) is 2. The second kappa shape index (κ2) is 8.31. The minimum atomic E-state index is -0.377. The number of rotatable bonds is 5. The molecule has 0 spiro atoms. The van der Waals surface area contributed by atoms with Crippen LogP contribution in [-0.4, -0.2) is 37.8 Å². The van der Waals surface area contributed by atoms with Gasteiger partial charge in [0.05, 0.1) is 12.7 Å². The Kier molecular flexibility index (Phi) is 5.88. The van der Waals surface area contributed by atoms with E-state index in [-0.39, 0.29) is 12.0 Å². The van der Waals surface area contributed by atoms with Crippen molar-refractivity contribution in [1.82, 2.24) is 10.6 Å². The average molecular weight is 318 g/mol. The van der Waals surface area contributed by atoms with Crippen LogP contribution in [-0.2, 0) is 16.1 Å². The third kappa shape index (κ3) is 4.94. The van der Waals surface area contributed by atoms with E-state index < -0.39 is 0 Å². The maximum absolute atomic E-state index is 12.0. The number of hydrogen-bond donors (Lipinski definition) is 2. The molecule has 1 heterocycles. The van der Waals surface area contributed by atoms with Gasteiger partial charge >= 0.3 is 0 Å². The number of amides is 1. The first-order chi connectivity index (χ1) is 11.3. The van der Waals surface area contributed by atoms with Gasteiger partial charge in [-0.25, -0.2) is 0 Å². The second-order valence-corrected chi connectivity index (χ2v) is 6.30. The molecule has 2 fully saturated rings. The third-order valence-electron chi connectivity index (χ3n) is 4.47. The van der Waals surface area contributed by atoms with Crippen LogP contribution < -0.4 is 15.4 Å². The Labute approximate surface area is 137 Å². The van der Waals surface area contributed by atoms with E-state index in [1.807, 2.05) is 24.3 Å². The van der Waals surface area contributed by atoms with Gasteiger partial charge in [0.25, 0.3) is 5.91 Å². The monoisotopic (exact) mass is 318 g/mol. The molecule has 23 heavy (non-hydrogen) atoms. The Hall–Kier alpha value is -1.59. The van der Waals surface area contributed by atoms with Gasteiger partial charge in [0.2, 0.25) is 0 Å². The zero-order valence-electron chi connectivity index (χ0n) is 13.6. The first-order valence-electron chi connectivity index (χ1n) is 8.67. The molecule has 2 N–H and O–H groups in total. The normalized spacial score (nSPS) is 22.5. The summed E-state index contributed by atoms with van der Waals surface area (Å²) in [5.41, 5.74) is 1.07. The predicted octanol–water partition coefficient (Wildman–Crippen LogP) is 2.00. The molecule has 2 aliphatic rings. The van der Waals surface area contributed by atoms with Crippen LogP contribution in [0.25, 0.3) is 0 Å². The quantitative estimate of drug-likeness (QED) is 0.872. The van der Waals surface area contributed by atoms with Crippen molar-refractivity contribution in [3.8, 4) is 5.75 Å². The largest absolute Gasteiger partial charge is 0.490 e. The van der Waals surface area contributed by atoms with Crippen molar-refractivity contribution in [2.24, 2.45) is 0 Å². The summed E-state index contributed by atoms with van der Waals surface area (Å²) in [7, 11) is 0. The van der Waals surface area contributed by atoms with Gasteiger partial charge in [-0.3, -0.25) is 4.79 Å². The van der Waals surface area contributed by atoms with E-state index in [2.05, 4.69) is 10.6 Å². The Morgan fingerprint density at radius 2 is 2.00 bits per heavy atom. The summed E-state index contributed by atoms with van der Waals surface area (Å²) >= 11 is 0. The van der Waals surface area contributed by atoms with E-state index in [9.17, 15) is 4.79 Å². The SMILES string of the molecule is O=C(NCc1ccc(OC2CCCCC2)cc1)C1CNCCO1. The molecule has 0 radical (unpaired) electrons. The lowest BCUT2D eigenvalue weighted by atomic mass is 9.98. The molecule has 5 heteroatoms. The van der Waals surface area contributed by atoms with Crippen molar-refractivity contribution >= 4 is 5.91 Å². The molecule has 1 aromatic rings.